The van der Waals surface area contributed by atoms with E-state index in [1.54, 1.807) is 12.4 Å². The van der Waals surface area contributed by atoms with Crippen molar-refractivity contribution in [3.63, 3.8) is 0 Å². The number of nitrogens with one attached hydrogen (secondary N) is 1. The molecule has 2 rings (SSSR count). The number of carbonyl (C=O) groups is 1. The highest BCUT2D eigenvalue weighted by atomic mass is 16.5. The number of nitrogens with zero attached hydrogens (tertiary/aromatic N) is 1. The molecule has 0 bridgehead atoms. The van der Waals surface area contributed by atoms with Crippen LogP contribution in [0.25, 0.3) is 0 Å². The zero-order valence-corrected chi connectivity index (χ0v) is 11.3. The number of hydrogen-bond acceptors (Lipinski definition) is 3. The number of rotatable bonds is 6. The number of carbonyl (C=O) groups excluding carboxylic acids is 1. The average molecular weight is 262 g/mol. The van der Waals surface area contributed by atoms with Gasteiger partial charge in [0.1, 0.15) is 0 Å². The van der Waals surface area contributed by atoms with Crippen molar-refractivity contribution in [2.45, 2.75) is 32.1 Å². The molecule has 0 aliphatic carbocycles. The normalized spacial score (nSPS) is 19.1. The zero-order valence-electron chi connectivity index (χ0n) is 11.3. The molecule has 1 aliphatic rings. The Morgan fingerprint density at radius 3 is 3.00 bits per heavy atom. The Morgan fingerprint density at radius 1 is 1.42 bits per heavy atom. The van der Waals surface area contributed by atoms with Gasteiger partial charge in [-0.05, 0) is 49.3 Å². The van der Waals surface area contributed by atoms with Crippen LogP contribution in [0.3, 0.4) is 0 Å². The van der Waals surface area contributed by atoms with Crippen LogP contribution in [0.5, 0.6) is 0 Å². The second-order valence-electron chi connectivity index (χ2n) is 5.08. The van der Waals surface area contributed by atoms with E-state index in [4.69, 9.17) is 4.74 Å². The van der Waals surface area contributed by atoms with E-state index in [0.29, 0.717) is 12.3 Å². The molecule has 4 nitrogen and oxygen atoms in total. The van der Waals surface area contributed by atoms with Crippen molar-refractivity contribution in [2.75, 3.05) is 19.8 Å². The monoisotopic (exact) mass is 262 g/mol. The fourth-order valence-electron chi connectivity index (χ4n) is 2.35. The molecule has 0 aromatic carbocycles. The molecule has 1 atom stereocenters. The number of amides is 1. The minimum Gasteiger partial charge on any atom is -0.381 e. The van der Waals surface area contributed by atoms with Gasteiger partial charge in [0.25, 0.3) is 0 Å². The average Bonchev–Trinajstić information content (AvgIpc) is 2.47. The predicted octanol–water partition coefficient (Wildman–Crippen LogP) is 1.95. The molecule has 4 heteroatoms. The first kappa shape index (κ1) is 14.0. The highest BCUT2D eigenvalue weighted by Crippen LogP contribution is 2.16. The third-order valence-electron chi connectivity index (χ3n) is 3.52. The van der Waals surface area contributed by atoms with Crippen LogP contribution < -0.4 is 5.32 Å². The van der Waals surface area contributed by atoms with E-state index in [2.05, 4.69) is 10.3 Å². The first-order valence-electron chi connectivity index (χ1n) is 7.08. The van der Waals surface area contributed by atoms with Gasteiger partial charge in [-0.1, -0.05) is 0 Å². The number of hydrogen-bond donors (Lipinski definition) is 1. The Kier molecular flexibility index (Phi) is 5.82. The first-order valence-corrected chi connectivity index (χ1v) is 7.08. The van der Waals surface area contributed by atoms with Gasteiger partial charge in [0.15, 0.2) is 0 Å². The second-order valence-corrected chi connectivity index (χ2v) is 5.08. The fourth-order valence-corrected chi connectivity index (χ4v) is 2.35. The maximum absolute atomic E-state index is 11.7. The lowest BCUT2D eigenvalue weighted by atomic mass is 9.99. The number of ether oxygens (including phenoxy) is 1. The summed E-state index contributed by atoms with van der Waals surface area (Å²) in [6.45, 7) is 2.52. The molecule has 1 fully saturated rings. The Labute approximate surface area is 114 Å². The third kappa shape index (κ3) is 5.39. The molecular weight excluding hydrogens is 240 g/mol. The van der Waals surface area contributed by atoms with Crippen molar-refractivity contribution >= 4 is 5.91 Å². The van der Waals surface area contributed by atoms with Crippen LogP contribution >= 0.6 is 0 Å². The molecule has 1 aromatic heterocycles. The smallest absolute Gasteiger partial charge is 0.220 e. The Bertz CT molecular complexity index is 375. The van der Waals surface area contributed by atoms with E-state index < -0.39 is 0 Å². The van der Waals surface area contributed by atoms with E-state index in [9.17, 15) is 4.79 Å². The Hall–Kier alpha value is -1.42. The lowest BCUT2D eigenvalue weighted by Crippen LogP contribution is -2.28. The maximum atomic E-state index is 11.7. The summed E-state index contributed by atoms with van der Waals surface area (Å²) in [6.07, 6.45) is 8.26. The zero-order chi connectivity index (χ0) is 13.3. The van der Waals surface area contributed by atoms with E-state index in [-0.39, 0.29) is 5.91 Å². The van der Waals surface area contributed by atoms with Crippen LogP contribution in [-0.2, 0) is 16.0 Å². The van der Waals surface area contributed by atoms with Gasteiger partial charge in [0.05, 0.1) is 0 Å². The lowest BCUT2D eigenvalue weighted by molar-refractivity contribution is -0.121. The fraction of sp³-hybridized carbons (Fsp3) is 0.600. The lowest BCUT2D eigenvalue weighted by Gasteiger charge is -2.21. The van der Waals surface area contributed by atoms with Crippen LogP contribution in [0.2, 0.25) is 0 Å². The van der Waals surface area contributed by atoms with Crippen LogP contribution in [0.15, 0.2) is 24.5 Å². The van der Waals surface area contributed by atoms with Crippen molar-refractivity contribution < 1.29 is 9.53 Å². The molecule has 104 valence electrons. The molecule has 1 saturated heterocycles. The minimum absolute atomic E-state index is 0.133. The molecular formula is C15H22N2O2. The molecule has 1 N–H and O–H groups in total. The highest BCUT2D eigenvalue weighted by Gasteiger charge is 2.13. The molecule has 1 aliphatic heterocycles. The summed E-state index contributed by atoms with van der Waals surface area (Å²) in [5.74, 6) is 0.753. The van der Waals surface area contributed by atoms with Gasteiger partial charge in [-0.15, -0.1) is 0 Å². The van der Waals surface area contributed by atoms with E-state index in [1.165, 1.54) is 6.42 Å². The van der Waals surface area contributed by atoms with Gasteiger partial charge in [-0.25, -0.2) is 0 Å². The van der Waals surface area contributed by atoms with Gasteiger partial charge in [-0.2, -0.15) is 0 Å². The molecule has 1 amide bonds. The summed E-state index contributed by atoms with van der Waals surface area (Å²) < 4.78 is 5.43. The molecule has 1 aromatic rings. The minimum atomic E-state index is 0.133. The Balaban J connectivity index is 1.57. The topological polar surface area (TPSA) is 51.2 Å². The molecule has 0 saturated carbocycles. The summed E-state index contributed by atoms with van der Waals surface area (Å²) in [5.41, 5.74) is 1.16. The van der Waals surface area contributed by atoms with Crippen molar-refractivity contribution in [3.05, 3.63) is 30.1 Å². The summed E-state index contributed by atoms with van der Waals surface area (Å²) in [6, 6.07) is 3.90. The number of pyridine rings is 1. The van der Waals surface area contributed by atoms with Crippen molar-refractivity contribution in [2.24, 2.45) is 5.92 Å². The third-order valence-corrected chi connectivity index (χ3v) is 3.52. The SMILES string of the molecule is O=C(CCc1ccncc1)NCC[C@@H]1CCCOC1. The van der Waals surface area contributed by atoms with Crippen LogP contribution in [-0.4, -0.2) is 30.6 Å². The van der Waals surface area contributed by atoms with Crippen LogP contribution in [0, 0.1) is 5.92 Å². The van der Waals surface area contributed by atoms with Gasteiger partial charge < -0.3 is 10.1 Å². The van der Waals surface area contributed by atoms with Crippen LogP contribution in [0.1, 0.15) is 31.2 Å². The van der Waals surface area contributed by atoms with Crippen LogP contribution in [0.4, 0.5) is 0 Å². The maximum Gasteiger partial charge on any atom is 0.220 e. The summed E-state index contributed by atoms with van der Waals surface area (Å²) >= 11 is 0. The summed E-state index contributed by atoms with van der Waals surface area (Å²) in [4.78, 5) is 15.7. The van der Waals surface area contributed by atoms with Crippen molar-refractivity contribution in [3.8, 4) is 0 Å². The quantitative estimate of drug-likeness (QED) is 0.852. The van der Waals surface area contributed by atoms with Gasteiger partial charge in [0, 0.05) is 38.6 Å². The summed E-state index contributed by atoms with van der Waals surface area (Å²) in [5, 5.41) is 2.99. The number of aromatic nitrogens is 1. The van der Waals surface area contributed by atoms with Gasteiger partial charge >= 0.3 is 0 Å². The Morgan fingerprint density at radius 2 is 2.26 bits per heavy atom. The molecule has 0 radical (unpaired) electrons. The first-order chi connectivity index (χ1) is 9.34. The largest absolute Gasteiger partial charge is 0.381 e. The molecule has 0 spiro atoms. The highest BCUT2D eigenvalue weighted by molar-refractivity contribution is 5.76. The molecule has 0 unspecified atom stereocenters. The van der Waals surface area contributed by atoms with Gasteiger partial charge in [0.2, 0.25) is 5.91 Å². The molecule has 2 heterocycles. The standard InChI is InChI=1S/C15H22N2O2/c18-15(4-3-13-5-8-16-9-6-13)17-10-7-14-2-1-11-19-12-14/h5-6,8-9,14H,1-4,7,10-12H2,(H,17,18)/t14-/m0/s1. The van der Waals surface area contributed by atoms with E-state index in [0.717, 1.165) is 44.6 Å². The van der Waals surface area contributed by atoms with E-state index in [1.807, 2.05) is 12.1 Å². The van der Waals surface area contributed by atoms with Gasteiger partial charge in [-0.3, -0.25) is 9.78 Å². The van der Waals surface area contributed by atoms with E-state index >= 15 is 0 Å². The second kappa shape index (κ2) is 7.89. The predicted molar refractivity (Wildman–Crippen MR) is 73.7 cm³/mol. The summed E-state index contributed by atoms with van der Waals surface area (Å²) in [7, 11) is 0. The molecule has 19 heavy (non-hydrogen) atoms. The van der Waals surface area contributed by atoms with Crippen molar-refractivity contribution in [1.29, 1.82) is 0 Å². The number of aryl methyl sites for hydroxylation is 1. The van der Waals surface area contributed by atoms with Crippen molar-refractivity contribution in [1.82, 2.24) is 10.3 Å².